The van der Waals surface area contributed by atoms with Gasteiger partial charge in [-0.2, -0.15) is 0 Å². The Morgan fingerprint density at radius 2 is 2.21 bits per heavy atom. The molecule has 1 aromatic heterocycles. The van der Waals surface area contributed by atoms with Gasteiger partial charge >= 0.3 is 0 Å². The lowest BCUT2D eigenvalue weighted by Gasteiger charge is -2.28. The molecule has 0 radical (unpaired) electrons. The first-order chi connectivity index (χ1) is 11.7. The number of pyridine rings is 1. The maximum Gasteiger partial charge on any atom is 0.225 e. The van der Waals surface area contributed by atoms with E-state index < -0.39 is 0 Å². The SMILES string of the molecule is O=C(C1CC1)N1CCc2ncc(OCc3cccc(F)c3)cc2C1. The largest absolute Gasteiger partial charge is 0.487 e. The summed E-state index contributed by atoms with van der Waals surface area (Å²) in [6, 6.07) is 8.32. The van der Waals surface area contributed by atoms with Gasteiger partial charge in [0.2, 0.25) is 5.91 Å². The molecule has 0 atom stereocenters. The molecule has 0 spiro atoms. The fourth-order valence-corrected chi connectivity index (χ4v) is 3.05. The van der Waals surface area contributed by atoms with E-state index in [1.54, 1.807) is 12.3 Å². The number of nitrogens with zero attached hydrogens (tertiary/aromatic N) is 2. The quantitative estimate of drug-likeness (QED) is 0.867. The highest BCUT2D eigenvalue weighted by Gasteiger charge is 2.34. The molecule has 0 unspecified atom stereocenters. The molecule has 1 fully saturated rings. The van der Waals surface area contributed by atoms with Crippen molar-refractivity contribution in [1.29, 1.82) is 0 Å². The Balaban J connectivity index is 1.44. The summed E-state index contributed by atoms with van der Waals surface area (Å²) >= 11 is 0. The Kier molecular flexibility index (Phi) is 3.92. The van der Waals surface area contributed by atoms with E-state index in [1.165, 1.54) is 12.1 Å². The van der Waals surface area contributed by atoms with E-state index in [-0.39, 0.29) is 17.6 Å². The minimum absolute atomic E-state index is 0.243. The highest BCUT2D eigenvalue weighted by atomic mass is 19.1. The normalized spacial score (nSPS) is 16.6. The van der Waals surface area contributed by atoms with Crippen LogP contribution in [0, 0.1) is 11.7 Å². The minimum Gasteiger partial charge on any atom is -0.487 e. The van der Waals surface area contributed by atoms with E-state index >= 15 is 0 Å². The van der Waals surface area contributed by atoms with Crippen LogP contribution >= 0.6 is 0 Å². The van der Waals surface area contributed by atoms with Gasteiger partial charge in [0.15, 0.2) is 0 Å². The molecule has 1 aliphatic carbocycles. The molecule has 124 valence electrons. The first-order valence-corrected chi connectivity index (χ1v) is 8.33. The van der Waals surface area contributed by atoms with Crippen LogP contribution in [0.25, 0.3) is 0 Å². The van der Waals surface area contributed by atoms with Gasteiger partial charge in [-0.1, -0.05) is 12.1 Å². The third-order valence-corrected chi connectivity index (χ3v) is 4.55. The van der Waals surface area contributed by atoms with Crippen molar-refractivity contribution in [2.45, 2.75) is 32.4 Å². The lowest BCUT2D eigenvalue weighted by Crippen LogP contribution is -2.37. The molecule has 5 heteroatoms. The second-order valence-corrected chi connectivity index (χ2v) is 6.48. The number of benzene rings is 1. The van der Waals surface area contributed by atoms with Crippen molar-refractivity contribution in [3.8, 4) is 5.75 Å². The smallest absolute Gasteiger partial charge is 0.225 e. The summed E-state index contributed by atoms with van der Waals surface area (Å²) in [6.07, 6.45) is 4.54. The molecule has 4 rings (SSSR count). The molecule has 1 aromatic carbocycles. The van der Waals surface area contributed by atoms with Gasteiger partial charge < -0.3 is 9.64 Å². The van der Waals surface area contributed by atoms with E-state index in [2.05, 4.69) is 4.98 Å². The van der Waals surface area contributed by atoms with Crippen LogP contribution in [-0.4, -0.2) is 22.3 Å². The van der Waals surface area contributed by atoms with Crippen LogP contribution in [0.3, 0.4) is 0 Å². The lowest BCUT2D eigenvalue weighted by atomic mass is 10.0. The van der Waals surface area contributed by atoms with Crippen molar-refractivity contribution in [2.24, 2.45) is 5.92 Å². The fraction of sp³-hybridized carbons (Fsp3) is 0.368. The van der Waals surface area contributed by atoms with Crippen LogP contribution in [-0.2, 0) is 24.4 Å². The van der Waals surface area contributed by atoms with Gasteiger partial charge in [-0.15, -0.1) is 0 Å². The number of carbonyl (C=O) groups is 1. The van der Waals surface area contributed by atoms with E-state index in [9.17, 15) is 9.18 Å². The maximum absolute atomic E-state index is 13.2. The lowest BCUT2D eigenvalue weighted by molar-refractivity contribution is -0.133. The molecular weight excluding hydrogens is 307 g/mol. The number of fused-ring (bicyclic) bond motifs is 1. The Morgan fingerprint density at radius 3 is 3.00 bits per heavy atom. The summed E-state index contributed by atoms with van der Waals surface area (Å²) in [7, 11) is 0. The van der Waals surface area contributed by atoms with Gasteiger partial charge in [0.25, 0.3) is 0 Å². The van der Waals surface area contributed by atoms with Crippen molar-refractivity contribution in [3.05, 3.63) is 59.2 Å². The summed E-state index contributed by atoms with van der Waals surface area (Å²) in [5.74, 6) is 0.895. The van der Waals surface area contributed by atoms with Gasteiger partial charge in [-0.05, 0) is 42.2 Å². The molecule has 2 aromatic rings. The molecule has 0 saturated heterocycles. The van der Waals surface area contributed by atoms with Crippen LogP contribution in [0.15, 0.2) is 36.5 Å². The summed E-state index contributed by atoms with van der Waals surface area (Å²) < 4.78 is 18.9. The zero-order valence-electron chi connectivity index (χ0n) is 13.4. The van der Waals surface area contributed by atoms with Crippen molar-refractivity contribution < 1.29 is 13.9 Å². The Labute approximate surface area is 140 Å². The van der Waals surface area contributed by atoms with Crippen molar-refractivity contribution in [2.75, 3.05) is 6.54 Å². The highest BCUT2D eigenvalue weighted by Crippen LogP contribution is 2.33. The van der Waals surface area contributed by atoms with Crippen molar-refractivity contribution in [1.82, 2.24) is 9.88 Å². The Bertz CT molecular complexity index is 774. The second-order valence-electron chi connectivity index (χ2n) is 6.48. The van der Waals surface area contributed by atoms with Crippen molar-refractivity contribution in [3.63, 3.8) is 0 Å². The van der Waals surface area contributed by atoms with Crippen LogP contribution in [0.5, 0.6) is 5.75 Å². The predicted octanol–water partition coefficient (Wildman–Crippen LogP) is 3.09. The van der Waals surface area contributed by atoms with Crippen LogP contribution in [0.1, 0.15) is 29.7 Å². The standard InChI is InChI=1S/C19H19FN2O2/c20-16-3-1-2-13(8-16)12-24-17-9-15-11-22(19(23)14-4-5-14)7-6-18(15)21-10-17/h1-3,8-10,14H,4-7,11-12H2. The van der Waals surface area contributed by atoms with Gasteiger partial charge in [0.05, 0.1) is 6.20 Å². The highest BCUT2D eigenvalue weighted by molar-refractivity contribution is 5.81. The first-order valence-electron chi connectivity index (χ1n) is 8.33. The Hall–Kier alpha value is -2.43. The van der Waals surface area contributed by atoms with E-state index in [4.69, 9.17) is 4.74 Å². The molecule has 4 nitrogen and oxygen atoms in total. The molecule has 2 aliphatic rings. The van der Waals surface area contributed by atoms with Crippen LogP contribution in [0.4, 0.5) is 4.39 Å². The number of ether oxygens (including phenoxy) is 1. The predicted molar refractivity (Wildman–Crippen MR) is 86.8 cm³/mol. The molecule has 0 bridgehead atoms. The first kappa shape index (κ1) is 15.1. The minimum atomic E-state index is -0.270. The summed E-state index contributed by atoms with van der Waals surface area (Å²) in [6.45, 7) is 1.65. The van der Waals surface area contributed by atoms with Gasteiger partial charge in [-0.3, -0.25) is 9.78 Å². The molecule has 24 heavy (non-hydrogen) atoms. The average Bonchev–Trinajstić information content (AvgIpc) is 3.44. The number of halogens is 1. The number of amides is 1. The molecular formula is C19H19FN2O2. The summed E-state index contributed by atoms with van der Waals surface area (Å²) in [4.78, 5) is 18.6. The topological polar surface area (TPSA) is 42.4 Å². The number of hydrogen-bond acceptors (Lipinski definition) is 3. The summed E-state index contributed by atoms with van der Waals surface area (Å²) in [5.41, 5.74) is 2.86. The molecule has 1 saturated carbocycles. The molecule has 0 N–H and O–H groups in total. The monoisotopic (exact) mass is 326 g/mol. The third-order valence-electron chi connectivity index (χ3n) is 4.55. The number of hydrogen-bond donors (Lipinski definition) is 0. The number of rotatable bonds is 4. The van der Waals surface area contributed by atoms with E-state index in [0.29, 0.717) is 18.9 Å². The fourth-order valence-electron chi connectivity index (χ4n) is 3.05. The zero-order chi connectivity index (χ0) is 16.5. The zero-order valence-corrected chi connectivity index (χ0v) is 13.4. The Morgan fingerprint density at radius 1 is 1.33 bits per heavy atom. The molecule has 1 amide bonds. The van der Waals surface area contributed by atoms with Gasteiger partial charge in [-0.25, -0.2) is 4.39 Å². The van der Waals surface area contributed by atoms with E-state index in [0.717, 1.165) is 42.6 Å². The third kappa shape index (κ3) is 3.25. The number of carbonyl (C=O) groups excluding carboxylic acids is 1. The van der Waals surface area contributed by atoms with Gasteiger partial charge in [0, 0.05) is 31.1 Å². The molecule has 2 heterocycles. The van der Waals surface area contributed by atoms with E-state index in [1.807, 2.05) is 17.0 Å². The average molecular weight is 326 g/mol. The summed E-state index contributed by atoms with van der Waals surface area (Å²) in [5, 5.41) is 0. The number of aromatic nitrogens is 1. The second kappa shape index (κ2) is 6.23. The van der Waals surface area contributed by atoms with Crippen molar-refractivity contribution >= 4 is 5.91 Å². The molecule has 1 aliphatic heterocycles. The van der Waals surface area contributed by atoms with Gasteiger partial charge in [0.1, 0.15) is 18.2 Å². The van der Waals surface area contributed by atoms with Crippen LogP contribution in [0.2, 0.25) is 0 Å². The van der Waals surface area contributed by atoms with Crippen LogP contribution < -0.4 is 4.74 Å². The maximum atomic E-state index is 13.2.